The third-order valence-electron chi connectivity index (χ3n) is 5.30. The van der Waals surface area contributed by atoms with Gasteiger partial charge in [-0.2, -0.15) is 0 Å². The zero-order valence-electron chi connectivity index (χ0n) is 16.6. The number of anilines is 2. The maximum atomic E-state index is 14.8. The van der Waals surface area contributed by atoms with Crippen LogP contribution in [0.3, 0.4) is 0 Å². The summed E-state index contributed by atoms with van der Waals surface area (Å²) in [5, 5.41) is 5.33. The van der Waals surface area contributed by atoms with E-state index in [2.05, 4.69) is 40.9 Å². The van der Waals surface area contributed by atoms with Gasteiger partial charge in [-0.3, -0.25) is 4.72 Å². The number of rotatable bonds is 6. The Labute approximate surface area is 170 Å². The van der Waals surface area contributed by atoms with E-state index in [1.807, 2.05) is 0 Å². The van der Waals surface area contributed by atoms with Crippen molar-refractivity contribution in [1.29, 1.82) is 0 Å². The predicted molar refractivity (Wildman–Crippen MR) is 112 cm³/mol. The van der Waals surface area contributed by atoms with Gasteiger partial charge in [-0.25, -0.2) is 17.8 Å². The molecule has 1 aliphatic carbocycles. The average molecular weight is 427 g/mol. The summed E-state index contributed by atoms with van der Waals surface area (Å²) >= 11 is 1.14. The Morgan fingerprint density at radius 3 is 2.68 bits per heavy atom. The highest BCUT2D eigenvalue weighted by Crippen LogP contribution is 2.31. The lowest BCUT2D eigenvalue weighted by Crippen LogP contribution is -2.47. The molecule has 0 bridgehead atoms. The van der Waals surface area contributed by atoms with Crippen LogP contribution in [-0.4, -0.2) is 44.5 Å². The molecule has 1 fully saturated rings. The lowest BCUT2D eigenvalue weighted by Gasteiger charge is -2.40. The van der Waals surface area contributed by atoms with Crippen LogP contribution in [0, 0.1) is 18.7 Å². The van der Waals surface area contributed by atoms with E-state index in [0.717, 1.165) is 24.2 Å². The first-order valence-corrected chi connectivity index (χ1v) is 11.7. The molecular weight excluding hydrogens is 399 g/mol. The quantitative estimate of drug-likeness (QED) is 0.732. The summed E-state index contributed by atoms with van der Waals surface area (Å²) in [5.41, 5.74) is 1.33. The molecular formula is C19H27FN4O2S2. The Morgan fingerprint density at radius 2 is 2.04 bits per heavy atom. The van der Waals surface area contributed by atoms with Crippen LogP contribution < -0.4 is 10.0 Å². The fourth-order valence-electron chi connectivity index (χ4n) is 3.80. The topological polar surface area (TPSA) is 74.3 Å². The molecule has 28 heavy (non-hydrogen) atoms. The van der Waals surface area contributed by atoms with Crippen molar-refractivity contribution in [2.24, 2.45) is 5.92 Å². The van der Waals surface area contributed by atoms with Crippen LogP contribution >= 0.6 is 11.3 Å². The molecule has 1 heterocycles. The van der Waals surface area contributed by atoms with Gasteiger partial charge in [0.1, 0.15) is 10.7 Å². The Morgan fingerprint density at radius 1 is 1.29 bits per heavy atom. The summed E-state index contributed by atoms with van der Waals surface area (Å²) in [6.45, 7) is 4.02. The van der Waals surface area contributed by atoms with Crippen LogP contribution in [-0.2, 0) is 10.0 Å². The van der Waals surface area contributed by atoms with Gasteiger partial charge < -0.3 is 10.2 Å². The zero-order chi connectivity index (χ0) is 20.5. The Bertz CT molecular complexity index is 916. The van der Waals surface area contributed by atoms with E-state index in [4.69, 9.17) is 0 Å². The maximum Gasteiger partial charge on any atom is 0.266 e. The van der Waals surface area contributed by atoms with Crippen LogP contribution in [0.2, 0.25) is 0 Å². The summed E-state index contributed by atoms with van der Waals surface area (Å²) in [6.07, 6.45) is 4.74. The lowest BCUT2D eigenvalue weighted by molar-refractivity contribution is 0.183. The first-order valence-electron chi connectivity index (χ1n) is 9.33. The summed E-state index contributed by atoms with van der Waals surface area (Å²) < 4.78 is 42.2. The minimum Gasteiger partial charge on any atom is -0.380 e. The molecule has 1 aromatic heterocycles. The molecule has 3 atom stereocenters. The number of thiazole rings is 1. The second-order valence-electron chi connectivity index (χ2n) is 7.74. The van der Waals surface area contributed by atoms with E-state index in [-0.39, 0.29) is 16.1 Å². The van der Waals surface area contributed by atoms with Crippen LogP contribution in [0.1, 0.15) is 31.7 Å². The van der Waals surface area contributed by atoms with Crippen LogP contribution in [0.25, 0.3) is 0 Å². The molecule has 2 aromatic rings. The number of halogens is 1. The molecule has 1 aromatic carbocycles. The number of aromatic nitrogens is 1. The Hall–Kier alpha value is -1.71. The zero-order valence-corrected chi connectivity index (χ0v) is 18.2. The van der Waals surface area contributed by atoms with Gasteiger partial charge in [-0.15, -0.1) is 11.3 Å². The van der Waals surface area contributed by atoms with E-state index >= 15 is 0 Å². The predicted octanol–water partition coefficient (Wildman–Crippen LogP) is 3.92. The van der Waals surface area contributed by atoms with Crippen molar-refractivity contribution in [1.82, 2.24) is 9.88 Å². The minimum atomic E-state index is -4.03. The standard InChI is InChI=1S/C19H27FN4O2S2/c1-12-5-6-17(24(3)4)16(9-12)22-15-11-14(20)18(10-13(15)2)28(25,26)23-19-21-7-8-27-19/h7-8,10-12,16-17,22H,5-6,9H2,1-4H3,(H,21,23)/t12-,16?,17+/m0/s1. The van der Waals surface area contributed by atoms with Gasteiger partial charge in [0, 0.05) is 29.3 Å². The van der Waals surface area contributed by atoms with Gasteiger partial charge in [-0.05, 0) is 63.9 Å². The second kappa shape index (κ2) is 8.34. The number of hydrogen-bond acceptors (Lipinski definition) is 6. The number of aryl methyl sites for hydroxylation is 1. The SMILES string of the molecule is Cc1cc(S(=O)(=O)Nc2nccs2)c(F)cc1NC1C[C@@H](C)CC[C@H]1N(C)C. The first kappa shape index (κ1) is 21.0. The number of benzene rings is 1. The van der Waals surface area contributed by atoms with Gasteiger partial charge in [0.05, 0.1) is 0 Å². The largest absolute Gasteiger partial charge is 0.380 e. The summed E-state index contributed by atoms with van der Waals surface area (Å²) in [5.74, 6) is -0.177. The summed E-state index contributed by atoms with van der Waals surface area (Å²) in [4.78, 5) is 5.73. The van der Waals surface area contributed by atoms with E-state index < -0.39 is 15.8 Å². The number of likely N-dealkylation sites (N-methyl/N-ethyl adjacent to an activating group) is 1. The first-order chi connectivity index (χ1) is 13.2. The lowest BCUT2D eigenvalue weighted by atomic mass is 9.82. The molecule has 2 N–H and O–H groups in total. The minimum absolute atomic E-state index is 0.188. The molecule has 0 radical (unpaired) electrons. The van der Waals surface area contributed by atoms with Crippen LogP contribution in [0.4, 0.5) is 15.2 Å². The smallest absolute Gasteiger partial charge is 0.266 e. The van der Waals surface area contributed by atoms with E-state index in [1.165, 1.54) is 24.8 Å². The molecule has 0 spiro atoms. The summed E-state index contributed by atoms with van der Waals surface area (Å²) in [6, 6.07) is 3.21. The monoisotopic (exact) mass is 426 g/mol. The molecule has 0 aliphatic heterocycles. The van der Waals surface area contributed by atoms with Gasteiger partial charge >= 0.3 is 0 Å². The van der Waals surface area contributed by atoms with Gasteiger partial charge in [0.15, 0.2) is 5.13 Å². The molecule has 0 amide bonds. The normalized spacial score (nSPS) is 23.0. The highest BCUT2D eigenvalue weighted by atomic mass is 32.2. The number of nitrogens with zero attached hydrogens (tertiary/aromatic N) is 2. The molecule has 1 saturated carbocycles. The van der Waals surface area contributed by atoms with Crippen LogP contribution in [0.5, 0.6) is 0 Å². The molecule has 6 nitrogen and oxygen atoms in total. The van der Waals surface area contributed by atoms with Crippen molar-refractivity contribution < 1.29 is 12.8 Å². The third kappa shape index (κ3) is 4.64. The fourth-order valence-corrected chi connectivity index (χ4v) is 5.73. The van der Waals surface area contributed by atoms with E-state index in [9.17, 15) is 12.8 Å². The van der Waals surface area contributed by atoms with Crippen molar-refractivity contribution in [3.63, 3.8) is 0 Å². The summed E-state index contributed by atoms with van der Waals surface area (Å²) in [7, 11) is 0.0842. The van der Waals surface area contributed by atoms with Crippen molar-refractivity contribution in [3.8, 4) is 0 Å². The number of hydrogen-bond donors (Lipinski definition) is 2. The van der Waals surface area contributed by atoms with Gasteiger partial charge in [0.2, 0.25) is 0 Å². The van der Waals surface area contributed by atoms with Gasteiger partial charge in [0.25, 0.3) is 10.0 Å². The van der Waals surface area contributed by atoms with Gasteiger partial charge in [-0.1, -0.05) is 6.92 Å². The molecule has 3 rings (SSSR count). The molecule has 0 saturated heterocycles. The van der Waals surface area contributed by atoms with E-state index in [1.54, 1.807) is 12.3 Å². The molecule has 154 valence electrons. The molecule has 9 heteroatoms. The fraction of sp³-hybridized carbons (Fsp3) is 0.526. The highest BCUT2D eigenvalue weighted by molar-refractivity contribution is 7.93. The van der Waals surface area contributed by atoms with Crippen molar-refractivity contribution in [3.05, 3.63) is 35.1 Å². The number of sulfonamides is 1. The second-order valence-corrected chi connectivity index (χ2v) is 10.3. The van der Waals surface area contributed by atoms with Crippen molar-refractivity contribution >= 4 is 32.2 Å². The third-order valence-corrected chi connectivity index (χ3v) is 7.47. The Kier molecular flexibility index (Phi) is 6.26. The van der Waals surface area contributed by atoms with Crippen LogP contribution in [0.15, 0.2) is 28.6 Å². The highest BCUT2D eigenvalue weighted by Gasteiger charge is 2.31. The number of nitrogens with one attached hydrogen (secondary N) is 2. The molecule has 1 aliphatic rings. The van der Waals surface area contributed by atoms with Crippen molar-refractivity contribution in [2.45, 2.75) is 50.1 Å². The molecule has 1 unspecified atom stereocenters. The Balaban J connectivity index is 1.85. The van der Waals surface area contributed by atoms with E-state index in [0.29, 0.717) is 23.2 Å². The maximum absolute atomic E-state index is 14.8. The average Bonchev–Trinajstić information content (AvgIpc) is 3.09. The van der Waals surface area contributed by atoms with Crippen molar-refractivity contribution in [2.75, 3.05) is 24.1 Å².